The van der Waals surface area contributed by atoms with Gasteiger partial charge in [0.15, 0.2) is 0 Å². The second-order valence-corrected chi connectivity index (χ2v) is 8.90. The maximum atomic E-state index is 10.9. The van der Waals surface area contributed by atoms with E-state index in [0.29, 0.717) is 5.41 Å². The van der Waals surface area contributed by atoms with E-state index in [-0.39, 0.29) is 5.41 Å². The van der Waals surface area contributed by atoms with Gasteiger partial charge in [0.1, 0.15) is 0 Å². The van der Waals surface area contributed by atoms with E-state index < -0.39 is 5.60 Å². The van der Waals surface area contributed by atoms with Gasteiger partial charge in [-0.25, -0.2) is 0 Å². The van der Waals surface area contributed by atoms with Crippen LogP contribution in [0.25, 0.3) is 0 Å². The normalized spacial score (nSPS) is 55.4. The molecule has 4 rings (SSSR count). The van der Waals surface area contributed by atoms with Gasteiger partial charge in [0, 0.05) is 0 Å². The number of hydrogen-bond donors (Lipinski definition) is 1. The number of allylic oxidation sites excluding steroid dienone is 4. The van der Waals surface area contributed by atoms with E-state index in [2.05, 4.69) is 39.0 Å². The molecular weight excluding hydrogens is 256 g/mol. The minimum Gasteiger partial charge on any atom is -0.390 e. The molecule has 0 heterocycles. The number of aliphatic hydroxyl groups is 1. The second kappa shape index (κ2) is 4.25. The van der Waals surface area contributed by atoms with Crippen LogP contribution in [-0.4, -0.2) is 10.7 Å². The van der Waals surface area contributed by atoms with Crippen molar-refractivity contribution >= 4 is 0 Å². The summed E-state index contributed by atoms with van der Waals surface area (Å²) in [5, 5.41) is 10.9. The van der Waals surface area contributed by atoms with Crippen molar-refractivity contribution in [3.63, 3.8) is 0 Å². The van der Waals surface area contributed by atoms with Crippen LogP contribution in [0, 0.1) is 28.6 Å². The van der Waals surface area contributed by atoms with Crippen LogP contribution in [-0.2, 0) is 0 Å². The summed E-state index contributed by atoms with van der Waals surface area (Å²) in [6.07, 6.45) is 15.9. The van der Waals surface area contributed by atoms with E-state index in [1.807, 2.05) is 0 Å². The highest BCUT2D eigenvalue weighted by atomic mass is 16.3. The van der Waals surface area contributed by atoms with Crippen LogP contribution in [0.15, 0.2) is 23.8 Å². The van der Waals surface area contributed by atoms with Gasteiger partial charge in [-0.05, 0) is 86.0 Å². The molecule has 4 aliphatic rings. The van der Waals surface area contributed by atoms with E-state index in [9.17, 15) is 5.11 Å². The average molecular weight is 286 g/mol. The highest BCUT2D eigenvalue weighted by molar-refractivity contribution is 5.34. The van der Waals surface area contributed by atoms with Gasteiger partial charge in [0.05, 0.1) is 5.60 Å². The Morgan fingerprint density at radius 2 is 1.81 bits per heavy atom. The van der Waals surface area contributed by atoms with E-state index in [1.54, 1.807) is 5.57 Å². The Morgan fingerprint density at radius 1 is 1.05 bits per heavy atom. The van der Waals surface area contributed by atoms with Crippen molar-refractivity contribution in [2.24, 2.45) is 28.6 Å². The minimum absolute atomic E-state index is 0.153. The summed E-state index contributed by atoms with van der Waals surface area (Å²) in [7, 11) is 0. The Kier molecular flexibility index (Phi) is 2.85. The molecule has 1 nitrogen and oxygen atoms in total. The van der Waals surface area contributed by atoms with Crippen molar-refractivity contribution in [2.45, 2.75) is 71.3 Å². The van der Waals surface area contributed by atoms with Crippen LogP contribution in [0.2, 0.25) is 0 Å². The molecule has 0 aromatic heterocycles. The van der Waals surface area contributed by atoms with Gasteiger partial charge in [0.25, 0.3) is 0 Å². The fraction of sp³-hybridized carbons (Fsp3) is 0.800. The lowest BCUT2D eigenvalue weighted by molar-refractivity contribution is -0.111. The van der Waals surface area contributed by atoms with Gasteiger partial charge >= 0.3 is 0 Å². The zero-order chi connectivity index (χ0) is 14.9. The van der Waals surface area contributed by atoms with Gasteiger partial charge in [-0.1, -0.05) is 32.1 Å². The Hall–Kier alpha value is -0.560. The summed E-state index contributed by atoms with van der Waals surface area (Å²) < 4.78 is 0. The van der Waals surface area contributed by atoms with Crippen molar-refractivity contribution < 1.29 is 5.11 Å². The first-order valence-corrected chi connectivity index (χ1v) is 8.98. The molecule has 0 aromatic carbocycles. The van der Waals surface area contributed by atoms with Gasteiger partial charge in [-0.3, -0.25) is 0 Å². The molecule has 0 bridgehead atoms. The lowest BCUT2D eigenvalue weighted by atomic mass is 9.48. The minimum atomic E-state index is -0.444. The largest absolute Gasteiger partial charge is 0.390 e. The third-order valence-corrected chi connectivity index (χ3v) is 8.21. The molecule has 21 heavy (non-hydrogen) atoms. The third-order valence-electron chi connectivity index (χ3n) is 8.21. The topological polar surface area (TPSA) is 20.2 Å². The smallest absolute Gasteiger partial charge is 0.0675 e. The molecule has 1 N–H and O–H groups in total. The first-order valence-electron chi connectivity index (χ1n) is 8.98. The van der Waals surface area contributed by atoms with Crippen LogP contribution in [0.1, 0.15) is 65.7 Å². The van der Waals surface area contributed by atoms with E-state index >= 15 is 0 Å². The summed E-state index contributed by atoms with van der Waals surface area (Å²) in [5.41, 5.74) is 1.73. The van der Waals surface area contributed by atoms with E-state index in [0.717, 1.165) is 24.2 Å². The van der Waals surface area contributed by atoms with Crippen LogP contribution in [0.5, 0.6) is 0 Å². The fourth-order valence-electron chi connectivity index (χ4n) is 6.54. The van der Waals surface area contributed by atoms with E-state index in [4.69, 9.17) is 0 Å². The number of rotatable bonds is 0. The quantitative estimate of drug-likeness (QED) is 0.674. The van der Waals surface area contributed by atoms with E-state index in [1.165, 1.54) is 38.5 Å². The summed E-state index contributed by atoms with van der Waals surface area (Å²) in [5.74, 6) is 2.37. The average Bonchev–Trinajstić information content (AvgIpc) is 2.69. The summed E-state index contributed by atoms with van der Waals surface area (Å²) >= 11 is 0. The Bertz CT molecular complexity index is 514. The SMILES string of the molecule is CC1(O)CC[C@H]2[C@@H]3CC=C4C=CCC[C@]4(C)[C@H]3CC[C@@]21C. The predicted octanol–water partition coefficient (Wildman–Crippen LogP) is 4.87. The van der Waals surface area contributed by atoms with Crippen molar-refractivity contribution in [3.05, 3.63) is 23.8 Å². The summed E-state index contributed by atoms with van der Waals surface area (Å²) in [4.78, 5) is 0. The van der Waals surface area contributed by atoms with Crippen LogP contribution < -0.4 is 0 Å². The molecule has 0 spiro atoms. The van der Waals surface area contributed by atoms with Crippen LogP contribution >= 0.6 is 0 Å². The molecule has 4 aliphatic carbocycles. The van der Waals surface area contributed by atoms with Crippen molar-refractivity contribution in [1.82, 2.24) is 0 Å². The van der Waals surface area contributed by atoms with Gasteiger partial charge in [-0.15, -0.1) is 0 Å². The van der Waals surface area contributed by atoms with Gasteiger partial charge in [-0.2, -0.15) is 0 Å². The zero-order valence-corrected chi connectivity index (χ0v) is 13.9. The van der Waals surface area contributed by atoms with Crippen LogP contribution in [0.3, 0.4) is 0 Å². The van der Waals surface area contributed by atoms with Crippen molar-refractivity contribution in [3.8, 4) is 0 Å². The molecule has 0 radical (unpaired) electrons. The first kappa shape index (κ1) is 14.1. The summed E-state index contributed by atoms with van der Waals surface area (Å²) in [6.45, 7) is 7.00. The monoisotopic (exact) mass is 286 g/mol. The molecule has 1 unspecified atom stereocenters. The molecule has 6 atom stereocenters. The molecular formula is C20H30O. The number of fused-ring (bicyclic) bond motifs is 5. The molecule has 0 aliphatic heterocycles. The molecule has 0 amide bonds. The van der Waals surface area contributed by atoms with Crippen molar-refractivity contribution in [2.75, 3.05) is 0 Å². The third kappa shape index (κ3) is 1.67. The van der Waals surface area contributed by atoms with Gasteiger partial charge < -0.3 is 5.11 Å². The molecule has 116 valence electrons. The van der Waals surface area contributed by atoms with Crippen molar-refractivity contribution in [1.29, 1.82) is 0 Å². The second-order valence-electron chi connectivity index (χ2n) is 8.90. The maximum Gasteiger partial charge on any atom is 0.0675 e. The standard InChI is InChI=1S/C20H30O/c1-18-11-5-4-6-14(18)7-8-15-16(18)9-12-19(2)17(15)10-13-20(19,3)21/h4,6-7,15-17,21H,5,8-13H2,1-3H3/t15-,16+,17+,18+,19+,20?/m1/s1. The number of hydrogen-bond acceptors (Lipinski definition) is 1. The highest BCUT2D eigenvalue weighted by Crippen LogP contribution is 2.66. The molecule has 2 saturated carbocycles. The van der Waals surface area contributed by atoms with Gasteiger partial charge in [0.2, 0.25) is 0 Å². The zero-order valence-electron chi connectivity index (χ0n) is 13.9. The predicted molar refractivity (Wildman–Crippen MR) is 86.8 cm³/mol. The molecule has 0 saturated heterocycles. The Morgan fingerprint density at radius 3 is 2.62 bits per heavy atom. The summed E-state index contributed by atoms with van der Waals surface area (Å²) in [6, 6.07) is 0. The molecule has 0 aromatic rings. The Labute approximate surface area is 129 Å². The maximum absolute atomic E-state index is 10.9. The molecule has 1 heteroatoms. The highest BCUT2D eigenvalue weighted by Gasteiger charge is 2.61. The fourth-order valence-corrected chi connectivity index (χ4v) is 6.54. The Balaban J connectivity index is 1.73. The van der Waals surface area contributed by atoms with Crippen LogP contribution in [0.4, 0.5) is 0 Å². The molecule has 2 fully saturated rings. The lowest BCUT2D eigenvalue weighted by Gasteiger charge is -2.57. The first-order chi connectivity index (χ1) is 9.88. The lowest BCUT2D eigenvalue weighted by Crippen LogP contribution is -2.53.